The first-order chi connectivity index (χ1) is 7.75. The molecule has 0 fully saturated rings. The number of nitrogens with one attached hydrogen (secondary N) is 1. The minimum atomic E-state index is 0.350. The highest BCUT2D eigenvalue weighted by Gasteiger charge is 2.04. The van der Waals surface area contributed by atoms with Crippen molar-refractivity contribution in [2.24, 2.45) is 7.05 Å². The number of pyridine rings is 1. The SMILES string of the molecule is C[C@@H](NCc1ccn(C)c1)c1ccncc1. The molecule has 3 nitrogen and oxygen atoms in total. The molecule has 0 saturated heterocycles. The van der Waals surface area contributed by atoms with Gasteiger partial charge in [0.15, 0.2) is 0 Å². The summed E-state index contributed by atoms with van der Waals surface area (Å²) in [6, 6.07) is 6.57. The van der Waals surface area contributed by atoms with Crippen LogP contribution in [0.25, 0.3) is 0 Å². The molecule has 0 bridgehead atoms. The summed E-state index contributed by atoms with van der Waals surface area (Å²) in [5.41, 5.74) is 2.58. The second-order valence-corrected chi connectivity index (χ2v) is 4.07. The number of rotatable bonds is 4. The van der Waals surface area contributed by atoms with Gasteiger partial charge in [0, 0.05) is 44.4 Å². The van der Waals surface area contributed by atoms with E-state index in [-0.39, 0.29) is 0 Å². The van der Waals surface area contributed by atoms with Crippen LogP contribution in [0, 0.1) is 0 Å². The lowest BCUT2D eigenvalue weighted by molar-refractivity contribution is 0.574. The smallest absolute Gasteiger partial charge is 0.0296 e. The second kappa shape index (κ2) is 4.94. The first-order valence-corrected chi connectivity index (χ1v) is 5.50. The summed E-state index contributed by atoms with van der Waals surface area (Å²) in [5.74, 6) is 0. The van der Waals surface area contributed by atoms with Crippen molar-refractivity contribution in [2.75, 3.05) is 0 Å². The maximum absolute atomic E-state index is 4.02. The molecular formula is C13H17N3. The molecule has 0 aromatic carbocycles. The third kappa shape index (κ3) is 2.70. The van der Waals surface area contributed by atoms with Gasteiger partial charge in [0.05, 0.1) is 0 Å². The van der Waals surface area contributed by atoms with Crippen molar-refractivity contribution in [3.63, 3.8) is 0 Å². The molecule has 2 rings (SSSR count). The topological polar surface area (TPSA) is 29.9 Å². The van der Waals surface area contributed by atoms with Crippen molar-refractivity contribution >= 4 is 0 Å². The zero-order chi connectivity index (χ0) is 11.4. The third-order valence-electron chi connectivity index (χ3n) is 2.71. The van der Waals surface area contributed by atoms with Gasteiger partial charge in [-0.2, -0.15) is 0 Å². The zero-order valence-corrected chi connectivity index (χ0v) is 9.72. The first kappa shape index (κ1) is 10.9. The van der Waals surface area contributed by atoms with Gasteiger partial charge < -0.3 is 9.88 Å². The van der Waals surface area contributed by atoms with Gasteiger partial charge in [-0.1, -0.05) is 0 Å². The summed E-state index contributed by atoms with van der Waals surface area (Å²) in [5, 5.41) is 3.49. The first-order valence-electron chi connectivity index (χ1n) is 5.50. The lowest BCUT2D eigenvalue weighted by atomic mass is 10.1. The van der Waals surface area contributed by atoms with E-state index in [0.717, 1.165) is 6.54 Å². The quantitative estimate of drug-likeness (QED) is 0.848. The second-order valence-electron chi connectivity index (χ2n) is 4.07. The van der Waals surface area contributed by atoms with Crippen LogP contribution in [0.4, 0.5) is 0 Å². The van der Waals surface area contributed by atoms with Crippen LogP contribution in [0.3, 0.4) is 0 Å². The van der Waals surface area contributed by atoms with Crippen molar-refractivity contribution in [1.82, 2.24) is 14.9 Å². The Morgan fingerprint density at radius 1 is 1.31 bits per heavy atom. The van der Waals surface area contributed by atoms with Gasteiger partial charge in [0.2, 0.25) is 0 Å². The van der Waals surface area contributed by atoms with Gasteiger partial charge in [-0.3, -0.25) is 4.98 Å². The van der Waals surface area contributed by atoms with Crippen LogP contribution in [0.5, 0.6) is 0 Å². The van der Waals surface area contributed by atoms with Gasteiger partial charge >= 0.3 is 0 Å². The van der Waals surface area contributed by atoms with Crippen LogP contribution in [0.15, 0.2) is 43.0 Å². The summed E-state index contributed by atoms with van der Waals surface area (Å²) < 4.78 is 2.06. The van der Waals surface area contributed by atoms with E-state index in [2.05, 4.69) is 40.3 Å². The maximum atomic E-state index is 4.02. The highest BCUT2D eigenvalue weighted by Crippen LogP contribution is 2.11. The molecule has 0 aliphatic heterocycles. The fourth-order valence-corrected chi connectivity index (χ4v) is 1.71. The molecule has 2 aromatic heterocycles. The van der Waals surface area contributed by atoms with E-state index in [1.807, 2.05) is 31.6 Å². The third-order valence-corrected chi connectivity index (χ3v) is 2.71. The fraction of sp³-hybridized carbons (Fsp3) is 0.308. The van der Waals surface area contributed by atoms with E-state index in [4.69, 9.17) is 0 Å². The molecule has 0 radical (unpaired) electrons. The molecule has 84 valence electrons. The van der Waals surface area contributed by atoms with Crippen molar-refractivity contribution in [3.05, 3.63) is 54.1 Å². The number of hydrogen-bond acceptors (Lipinski definition) is 2. The fourth-order valence-electron chi connectivity index (χ4n) is 1.71. The van der Waals surface area contributed by atoms with Crippen molar-refractivity contribution in [1.29, 1.82) is 0 Å². The summed E-state index contributed by atoms with van der Waals surface area (Å²) in [6.45, 7) is 3.06. The molecule has 0 aliphatic rings. The van der Waals surface area contributed by atoms with Crippen molar-refractivity contribution in [2.45, 2.75) is 19.5 Å². The molecule has 0 spiro atoms. The maximum Gasteiger partial charge on any atom is 0.0296 e. The van der Waals surface area contributed by atoms with Crippen LogP contribution in [0.2, 0.25) is 0 Å². The standard InChI is InChI=1S/C13H17N3/c1-11(13-3-6-14-7-4-13)15-9-12-5-8-16(2)10-12/h3-8,10-11,15H,9H2,1-2H3/t11-/m1/s1. The Morgan fingerprint density at radius 3 is 2.69 bits per heavy atom. The van der Waals surface area contributed by atoms with E-state index in [9.17, 15) is 0 Å². The minimum absolute atomic E-state index is 0.350. The predicted octanol–water partition coefficient (Wildman–Crippen LogP) is 2.27. The number of aryl methyl sites for hydroxylation is 1. The molecule has 2 heterocycles. The monoisotopic (exact) mass is 215 g/mol. The summed E-state index contributed by atoms with van der Waals surface area (Å²) >= 11 is 0. The van der Waals surface area contributed by atoms with Crippen LogP contribution in [0.1, 0.15) is 24.1 Å². The van der Waals surface area contributed by atoms with Gasteiger partial charge in [0.1, 0.15) is 0 Å². The molecule has 1 atom stereocenters. The Kier molecular flexibility index (Phi) is 3.37. The van der Waals surface area contributed by atoms with E-state index < -0.39 is 0 Å². The Morgan fingerprint density at radius 2 is 2.06 bits per heavy atom. The normalized spacial score (nSPS) is 12.6. The molecular weight excluding hydrogens is 198 g/mol. The van der Waals surface area contributed by atoms with Crippen LogP contribution in [-0.4, -0.2) is 9.55 Å². The molecule has 3 heteroatoms. The van der Waals surface area contributed by atoms with Gasteiger partial charge in [-0.25, -0.2) is 0 Å². The molecule has 16 heavy (non-hydrogen) atoms. The Labute approximate surface area is 96.1 Å². The van der Waals surface area contributed by atoms with E-state index >= 15 is 0 Å². The van der Waals surface area contributed by atoms with Gasteiger partial charge in [-0.15, -0.1) is 0 Å². The van der Waals surface area contributed by atoms with E-state index in [1.165, 1.54) is 11.1 Å². The van der Waals surface area contributed by atoms with Gasteiger partial charge in [-0.05, 0) is 36.2 Å². The van der Waals surface area contributed by atoms with Gasteiger partial charge in [0.25, 0.3) is 0 Å². The molecule has 1 N–H and O–H groups in total. The Bertz CT molecular complexity index is 433. The van der Waals surface area contributed by atoms with E-state index in [1.54, 1.807) is 0 Å². The zero-order valence-electron chi connectivity index (χ0n) is 9.72. The minimum Gasteiger partial charge on any atom is -0.357 e. The van der Waals surface area contributed by atoms with E-state index in [0.29, 0.717) is 6.04 Å². The van der Waals surface area contributed by atoms with Crippen LogP contribution >= 0.6 is 0 Å². The van der Waals surface area contributed by atoms with Crippen LogP contribution in [-0.2, 0) is 13.6 Å². The largest absolute Gasteiger partial charge is 0.357 e. The number of aromatic nitrogens is 2. The molecule has 0 saturated carbocycles. The molecule has 0 amide bonds. The predicted molar refractivity (Wildman–Crippen MR) is 64.9 cm³/mol. The average Bonchev–Trinajstić information content (AvgIpc) is 2.73. The van der Waals surface area contributed by atoms with Crippen LogP contribution < -0.4 is 5.32 Å². The highest BCUT2D eigenvalue weighted by molar-refractivity contribution is 5.15. The lowest BCUT2D eigenvalue weighted by Gasteiger charge is -2.13. The Hall–Kier alpha value is -1.61. The number of hydrogen-bond donors (Lipinski definition) is 1. The van der Waals surface area contributed by atoms with Crippen molar-refractivity contribution < 1.29 is 0 Å². The highest BCUT2D eigenvalue weighted by atomic mass is 14.9. The number of nitrogens with zero attached hydrogens (tertiary/aromatic N) is 2. The molecule has 2 aromatic rings. The molecule has 0 aliphatic carbocycles. The summed E-state index contributed by atoms with van der Waals surface area (Å²) in [4.78, 5) is 4.02. The molecule has 0 unspecified atom stereocenters. The summed E-state index contributed by atoms with van der Waals surface area (Å²) in [6.07, 6.45) is 7.85. The summed E-state index contributed by atoms with van der Waals surface area (Å²) in [7, 11) is 2.04. The lowest BCUT2D eigenvalue weighted by Crippen LogP contribution is -2.17. The Balaban J connectivity index is 1.91. The average molecular weight is 215 g/mol. The van der Waals surface area contributed by atoms with Crippen molar-refractivity contribution in [3.8, 4) is 0 Å².